The van der Waals surface area contributed by atoms with Crippen LogP contribution in [-0.4, -0.2) is 36.9 Å². The van der Waals surface area contributed by atoms with Crippen molar-refractivity contribution in [3.05, 3.63) is 156 Å². The molecule has 0 bridgehead atoms. The number of carbonyl (C=O) groups is 3. The van der Waals surface area contributed by atoms with Gasteiger partial charge in [-0.15, -0.1) is 11.8 Å². The van der Waals surface area contributed by atoms with Crippen LogP contribution in [0.5, 0.6) is 11.5 Å². The van der Waals surface area contributed by atoms with Gasteiger partial charge in [-0.05, 0) is 77.7 Å². The summed E-state index contributed by atoms with van der Waals surface area (Å²) in [7, 11) is 3.06. The number of hydrogen-bond donors (Lipinski definition) is 4. The number of carbonyl (C=O) groups excluding carboxylic acids is 3. The monoisotopic (exact) mass is 682 g/mol. The third-order valence-corrected chi connectivity index (χ3v) is 9.03. The van der Waals surface area contributed by atoms with Crippen molar-refractivity contribution in [2.75, 3.05) is 24.9 Å². The fourth-order valence-electron chi connectivity index (χ4n) is 5.25. The zero-order valence-electron chi connectivity index (χ0n) is 27.3. The largest absolute Gasteiger partial charge is 0.497 e. The Morgan fingerprint density at radius 3 is 2.26 bits per heavy atom. The third kappa shape index (κ3) is 8.23. The van der Waals surface area contributed by atoms with Crippen LogP contribution in [-0.2, 0) is 9.59 Å². The number of benzene rings is 5. The Balaban J connectivity index is 1.25. The lowest BCUT2D eigenvalue weighted by Gasteiger charge is -2.18. The fraction of sp³-hybridized carbons (Fsp3) is 0.0750. The van der Waals surface area contributed by atoms with E-state index in [9.17, 15) is 14.4 Å². The molecule has 9 nitrogen and oxygen atoms in total. The number of rotatable bonds is 12. The van der Waals surface area contributed by atoms with Crippen molar-refractivity contribution in [1.29, 1.82) is 0 Å². The summed E-state index contributed by atoms with van der Waals surface area (Å²) in [5, 5.41) is 9.19. The van der Waals surface area contributed by atoms with Crippen LogP contribution in [0, 0.1) is 0 Å². The van der Waals surface area contributed by atoms with Gasteiger partial charge in [0.25, 0.3) is 11.8 Å². The summed E-state index contributed by atoms with van der Waals surface area (Å²) < 4.78 is 10.8. The number of methoxy groups -OCH3 is 2. The van der Waals surface area contributed by atoms with E-state index < -0.39 is 17.1 Å². The molecule has 3 amide bonds. The quantitative estimate of drug-likeness (QED) is 0.0766. The molecule has 0 saturated carbocycles. The Morgan fingerprint density at radius 1 is 0.740 bits per heavy atom. The number of aromatic nitrogens is 1. The van der Waals surface area contributed by atoms with Crippen molar-refractivity contribution >= 4 is 57.8 Å². The van der Waals surface area contributed by atoms with Gasteiger partial charge in [0.05, 0.1) is 14.2 Å². The molecular weight excluding hydrogens is 649 g/mol. The van der Waals surface area contributed by atoms with Crippen molar-refractivity contribution < 1.29 is 23.9 Å². The first-order chi connectivity index (χ1) is 24.4. The number of amides is 3. The molecule has 0 fully saturated rings. The Morgan fingerprint density at radius 2 is 1.50 bits per heavy atom. The normalized spacial score (nSPS) is 11.8. The highest BCUT2D eigenvalue weighted by Gasteiger charge is 2.23. The van der Waals surface area contributed by atoms with Crippen LogP contribution in [0.1, 0.15) is 26.7 Å². The molecule has 0 saturated heterocycles. The second-order valence-electron chi connectivity index (χ2n) is 11.1. The van der Waals surface area contributed by atoms with E-state index in [-0.39, 0.29) is 11.6 Å². The van der Waals surface area contributed by atoms with Gasteiger partial charge in [0, 0.05) is 45.2 Å². The van der Waals surface area contributed by atoms with Crippen LogP contribution in [0.15, 0.2) is 144 Å². The highest BCUT2D eigenvalue weighted by atomic mass is 32.2. The van der Waals surface area contributed by atoms with Crippen LogP contribution >= 0.6 is 11.8 Å². The van der Waals surface area contributed by atoms with Crippen molar-refractivity contribution in [1.82, 2.24) is 10.3 Å². The molecule has 0 radical (unpaired) electrons. The van der Waals surface area contributed by atoms with E-state index in [4.69, 9.17) is 9.47 Å². The Hall–Kier alpha value is -6.26. The molecule has 4 N–H and O–H groups in total. The molecule has 0 aliphatic carbocycles. The van der Waals surface area contributed by atoms with E-state index in [1.807, 2.05) is 72.9 Å². The minimum atomic E-state index is -0.593. The minimum Gasteiger partial charge on any atom is -0.497 e. The van der Waals surface area contributed by atoms with Gasteiger partial charge in [0.15, 0.2) is 0 Å². The van der Waals surface area contributed by atoms with E-state index in [1.54, 1.807) is 73.8 Å². The second-order valence-corrected chi connectivity index (χ2v) is 12.3. The lowest BCUT2D eigenvalue weighted by Crippen LogP contribution is -2.30. The third-order valence-electron chi connectivity index (χ3n) is 7.78. The fourth-order valence-corrected chi connectivity index (χ4v) is 6.33. The van der Waals surface area contributed by atoms with Crippen LogP contribution in [0.2, 0.25) is 0 Å². The van der Waals surface area contributed by atoms with Crippen molar-refractivity contribution in [3.63, 3.8) is 0 Å². The molecule has 50 heavy (non-hydrogen) atoms. The maximum absolute atomic E-state index is 13.8. The molecule has 1 heterocycles. The molecule has 10 heteroatoms. The zero-order valence-corrected chi connectivity index (χ0v) is 28.1. The lowest BCUT2D eigenvalue weighted by molar-refractivity contribution is -0.116. The number of hydrogen-bond acceptors (Lipinski definition) is 6. The van der Waals surface area contributed by atoms with Gasteiger partial charge in [-0.3, -0.25) is 14.4 Å². The first kappa shape index (κ1) is 33.6. The predicted octanol–water partition coefficient (Wildman–Crippen LogP) is 8.07. The maximum atomic E-state index is 13.8. The van der Waals surface area contributed by atoms with Gasteiger partial charge in [-0.2, -0.15) is 0 Å². The lowest BCUT2D eigenvalue weighted by atomic mass is 10.1. The molecule has 0 aliphatic heterocycles. The van der Waals surface area contributed by atoms with Gasteiger partial charge >= 0.3 is 0 Å². The molecule has 1 atom stereocenters. The van der Waals surface area contributed by atoms with Crippen LogP contribution in [0.25, 0.3) is 17.0 Å². The zero-order chi connectivity index (χ0) is 34.9. The molecule has 1 unspecified atom stereocenters. The number of ether oxygens (including phenoxy) is 2. The number of nitrogens with one attached hydrogen (secondary N) is 4. The number of aromatic amines is 1. The molecule has 1 aromatic heterocycles. The summed E-state index contributed by atoms with van der Waals surface area (Å²) in [6.45, 7) is 0. The van der Waals surface area contributed by atoms with E-state index in [2.05, 4.69) is 20.9 Å². The average Bonchev–Trinajstić information content (AvgIpc) is 3.62. The van der Waals surface area contributed by atoms with E-state index in [0.29, 0.717) is 34.0 Å². The smallest absolute Gasteiger partial charge is 0.272 e. The number of H-pyrrole nitrogens is 1. The average molecular weight is 683 g/mol. The van der Waals surface area contributed by atoms with E-state index in [0.717, 1.165) is 21.4 Å². The summed E-state index contributed by atoms with van der Waals surface area (Å²) in [6, 6.07) is 38.2. The Kier molecular flexibility index (Phi) is 10.6. The summed E-state index contributed by atoms with van der Waals surface area (Å²) in [5.74, 6) is -0.150. The molecule has 6 rings (SSSR count). The van der Waals surface area contributed by atoms with E-state index in [1.165, 1.54) is 18.9 Å². The highest BCUT2D eigenvalue weighted by molar-refractivity contribution is 8.00. The SMILES string of the molecule is COc1ccc(/C=C(/NC(=O)c2ccccc2)C(=O)Nc2cccc(SC(C(=O)Nc3ccc4cc[nH]c4c3)c3ccccc3)c2)c(OC)c1. The van der Waals surface area contributed by atoms with Crippen molar-refractivity contribution in [2.24, 2.45) is 0 Å². The van der Waals surface area contributed by atoms with Gasteiger partial charge in [-0.25, -0.2) is 0 Å². The first-order valence-electron chi connectivity index (χ1n) is 15.7. The minimum absolute atomic E-state index is 0.000882. The number of anilines is 2. The molecule has 5 aromatic carbocycles. The molecule has 0 aliphatic rings. The number of fused-ring (bicyclic) bond motifs is 1. The molecule has 250 valence electrons. The summed E-state index contributed by atoms with van der Waals surface area (Å²) in [6.07, 6.45) is 3.41. The summed E-state index contributed by atoms with van der Waals surface area (Å²) >= 11 is 1.36. The van der Waals surface area contributed by atoms with Crippen molar-refractivity contribution in [2.45, 2.75) is 10.1 Å². The van der Waals surface area contributed by atoms with Crippen LogP contribution in [0.3, 0.4) is 0 Å². The Labute approximate surface area is 293 Å². The Bertz CT molecular complexity index is 2170. The molecule has 6 aromatic rings. The van der Waals surface area contributed by atoms with Gasteiger partial charge in [0.2, 0.25) is 5.91 Å². The maximum Gasteiger partial charge on any atom is 0.272 e. The van der Waals surface area contributed by atoms with Crippen molar-refractivity contribution in [3.8, 4) is 11.5 Å². The summed E-state index contributed by atoms with van der Waals surface area (Å²) in [5.41, 5.74) is 3.86. The van der Waals surface area contributed by atoms with Gasteiger partial charge in [0.1, 0.15) is 22.4 Å². The predicted molar refractivity (Wildman–Crippen MR) is 198 cm³/mol. The van der Waals surface area contributed by atoms with Crippen LogP contribution in [0.4, 0.5) is 11.4 Å². The second kappa shape index (κ2) is 15.8. The number of thioether (sulfide) groups is 1. The van der Waals surface area contributed by atoms with Gasteiger partial charge in [-0.1, -0.05) is 60.7 Å². The standard InChI is InChI=1S/C40H34N4O5S/c1-48-32-19-17-29(36(25-32)49-2)22-35(44-38(45)28-12-7-4-8-13-28)39(46)42-30-14-9-15-33(23-30)50-37(27-10-5-3-6-11-27)40(47)43-31-18-16-26-20-21-41-34(26)24-31/h3-25,37,41H,1-2H3,(H,42,46)(H,43,47)(H,44,45)/b35-22+. The highest BCUT2D eigenvalue weighted by Crippen LogP contribution is 2.37. The topological polar surface area (TPSA) is 122 Å². The van der Waals surface area contributed by atoms with Gasteiger partial charge < -0.3 is 30.4 Å². The first-order valence-corrected chi connectivity index (χ1v) is 16.6. The summed E-state index contributed by atoms with van der Waals surface area (Å²) in [4.78, 5) is 44.7. The molecular formula is C40H34N4O5S. The van der Waals surface area contributed by atoms with Crippen LogP contribution < -0.4 is 25.4 Å². The molecule has 0 spiro atoms. The van der Waals surface area contributed by atoms with E-state index >= 15 is 0 Å².